The normalized spacial score (nSPS) is 13.8. The van der Waals surface area contributed by atoms with Crippen molar-refractivity contribution in [1.29, 1.82) is 0 Å². The summed E-state index contributed by atoms with van der Waals surface area (Å²) in [5.41, 5.74) is 0.883. The number of carbonyl (C=O) groups is 6. The topological polar surface area (TPSA) is 195 Å². The van der Waals surface area contributed by atoms with E-state index in [1.54, 1.807) is 48.5 Å². The molecule has 1 heterocycles. The number of carbonyl (C=O) groups excluding carboxylic acids is 6. The van der Waals surface area contributed by atoms with Crippen LogP contribution in [0.5, 0.6) is 23.0 Å². The van der Waals surface area contributed by atoms with Crippen LogP contribution in [0.1, 0.15) is 157 Å². The fourth-order valence-electron chi connectivity index (χ4n) is 7.76. The number of hydrogen-bond acceptors (Lipinski definition) is 16. The minimum Gasteiger partial charge on any atom is -0.494 e. The van der Waals surface area contributed by atoms with E-state index >= 15 is 0 Å². The monoisotopic (exact) mass is 1050 g/mol. The molecule has 0 saturated carbocycles. The lowest BCUT2D eigenvalue weighted by molar-refractivity contribution is -0.288. The molecule has 5 rings (SSSR count). The summed E-state index contributed by atoms with van der Waals surface area (Å²) in [5.74, 6) is -1.79. The van der Waals surface area contributed by atoms with Gasteiger partial charge in [-0.3, -0.25) is 0 Å². The standard InChI is InChI=1S/C60H72O16/c1-3-53(61)69-41-21-17-13-9-5-7-11-15-19-39-67-49-31-23-45(24-32-49)55(63)73-51-35-27-47(28-36-51)57(65)75-59-60(72-44-43-71-59)76-58(66)48-29-37-52(38-30-48)74-56(64)46-25-33-50(34-26-46)68-40-20-16-12-8-6-10-14-18-22-42-70-54(62)4-2/h3-4,23-38,59-60H,1-2,5-22,39-44H2/t59-,60-/m1/s1. The van der Waals surface area contributed by atoms with Crippen LogP contribution in [0.3, 0.4) is 0 Å². The Labute approximate surface area is 445 Å². The number of unbranched alkanes of at least 4 members (excludes halogenated alkanes) is 16. The van der Waals surface area contributed by atoms with E-state index in [0.29, 0.717) is 49.1 Å². The van der Waals surface area contributed by atoms with Crippen molar-refractivity contribution >= 4 is 35.8 Å². The smallest absolute Gasteiger partial charge is 0.343 e. The number of ether oxygens (including phenoxy) is 10. The summed E-state index contributed by atoms with van der Waals surface area (Å²) in [5, 5.41) is 0. The molecule has 0 unspecified atom stereocenters. The van der Waals surface area contributed by atoms with Crippen LogP contribution in [0.2, 0.25) is 0 Å². The molecule has 4 aromatic carbocycles. The molecule has 76 heavy (non-hydrogen) atoms. The van der Waals surface area contributed by atoms with Crippen LogP contribution in [-0.4, -0.2) is 88.0 Å². The fraction of sp³-hybridized carbons (Fsp3) is 0.433. The van der Waals surface area contributed by atoms with E-state index in [2.05, 4.69) is 13.2 Å². The molecule has 408 valence electrons. The highest BCUT2D eigenvalue weighted by Gasteiger charge is 2.34. The first-order valence-corrected chi connectivity index (χ1v) is 26.5. The van der Waals surface area contributed by atoms with Crippen molar-refractivity contribution in [2.24, 2.45) is 0 Å². The number of hydrogen-bond donors (Lipinski definition) is 0. The molecular formula is C60H72O16. The lowest BCUT2D eigenvalue weighted by Gasteiger charge is -2.30. The van der Waals surface area contributed by atoms with Gasteiger partial charge in [-0.05, 0) is 123 Å². The Hall–Kier alpha value is -7.30. The predicted octanol–water partition coefficient (Wildman–Crippen LogP) is 12.1. The van der Waals surface area contributed by atoms with E-state index in [-0.39, 0.29) is 47.8 Å². The zero-order valence-corrected chi connectivity index (χ0v) is 43.5. The summed E-state index contributed by atoms with van der Waals surface area (Å²) in [6.07, 6.45) is 19.0. The molecule has 2 atom stereocenters. The van der Waals surface area contributed by atoms with Crippen molar-refractivity contribution in [2.75, 3.05) is 39.6 Å². The first-order valence-electron chi connectivity index (χ1n) is 26.5. The molecule has 4 aromatic rings. The highest BCUT2D eigenvalue weighted by atomic mass is 16.8. The van der Waals surface area contributed by atoms with Gasteiger partial charge in [0.2, 0.25) is 0 Å². The minimum atomic E-state index is -1.38. The third-order valence-corrected chi connectivity index (χ3v) is 12.0. The Bertz CT molecular complexity index is 2230. The molecule has 0 amide bonds. The second kappa shape index (κ2) is 35.0. The van der Waals surface area contributed by atoms with Crippen LogP contribution >= 0.6 is 0 Å². The van der Waals surface area contributed by atoms with Crippen molar-refractivity contribution in [1.82, 2.24) is 0 Å². The first kappa shape index (κ1) is 59.6. The number of esters is 6. The molecule has 1 aliphatic heterocycles. The number of rotatable bonds is 36. The third kappa shape index (κ3) is 23.1. The van der Waals surface area contributed by atoms with E-state index in [0.717, 1.165) is 77.0 Å². The third-order valence-electron chi connectivity index (χ3n) is 12.0. The molecule has 0 bridgehead atoms. The molecule has 0 aromatic heterocycles. The maximum Gasteiger partial charge on any atom is 0.343 e. The molecule has 0 N–H and O–H groups in total. The lowest BCUT2D eigenvalue weighted by Crippen LogP contribution is -2.44. The van der Waals surface area contributed by atoms with Gasteiger partial charge in [0.05, 0.1) is 61.9 Å². The summed E-state index contributed by atoms with van der Waals surface area (Å²) in [7, 11) is 0. The fourth-order valence-corrected chi connectivity index (χ4v) is 7.76. The van der Waals surface area contributed by atoms with Gasteiger partial charge in [0.1, 0.15) is 23.0 Å². The Balaban J connectivity index is 0.932. The SMILES string of the molecule is C=CC(=O)OCCCCCCCCCCCOc1ccc(C(=O)Oc2ccc(C(=O)O[C@H]3OCCO[C@@H]3OC(=O)c3ccc(OC(=O)c4ccc(OCCCCCCCCCCCOC(=O)C=C)cc4)cc3)cc2)cc1. The number of benzene rings is 4. The highest BCUT2D eigenvalue weighted by Crippen LogP contribution is 2.23. The molecule has 1 fully saturated rings. The van der Waals surface area contributed by atoms with Crippen LogP contribution in [0.25, 0.3) is 0 Å². The quantitative estimate of drug-likeness (QED) is 0.0137. The van der Waals surface area contributed by atoms with Crippen molar-refractivity contribution in [3.63, 3.8) is 0 Å². The maximum absolute atomic E-state index is 13.1. The van der Waals surface area contributed by atoms with Crippen LogP contribution in [-0.2, 0) is 38.0 Å². The molecule has 16 nitrogen and oxygen atoms in total. The van der Waals surface area contributed by atoms with Crippen LogP contribution in [0.4, 0.5) is 0 Å². The average Bonchev–Trinajstić information content (AvgIpc) is 3.44. The Morgan fingerprint density at radius 2 is 0.632 bits per heavy atom. The van der Waals surface area contributed by atoms with Gasteiger partial charge in [0.15, 0.2) is 0 Å². The second-order valence-electron chi connectivity index (χ2n) is 18.0. The van der Waals surface area contributed by atoms with Gasteiger partial charge in [-0.2, -0.15) is 0 Å². The highest BCUT2D eigenvalue weighted by molar-refractivity contribution is 5.93. The summed E-state index contributed by atoms with van der Waals surface area (Å²) in [6.45, 7) is 8.98. The molecular weight excluding hydrogens is 977 g/mol. The zero-order chi connectivity index (χ0) is 54.0. The van der Waals surface area contributed by atoms with E-state index < -0.39 is 36.5 Å². The Morgan fingerprint density at radius 3 is 0.934 bits per heavy atom. The average molecular weight is 1050 g/mol. The van der Waals surface area contributed by atoms with Crippen molar-refractivity contribution in [3.05, 3.63) is 145 Å². The van der Waals surface area contributed by atoms with Gasteiger partial charge in [-0.1, -0.05) is 103 Å². The minimum absolute atomic E-state index is 0.0797. The van der Waals surface area contributed by atoms with E-state index in [4.69, 9.17) is 47.4 Å². The lowest BCUT2D eigenvalue weighted by atomic mass is 10.1. The molecule has 1 aliphatic rings. The van der Waals surface area contributed by atoms with Gasteiger partial charge in [0.25, 0.3) is 12.6 Å². The molecule has 0 spiro atoms. The van der Waals surface area contributed by atoms with E-state index in [1.165, 1.54) is 99.2 Å². The van der Waals surface area contributed by atoms with Gasteiger partial charge >= 0.3 is 35.8 Å². The summed E-state index contributed by atoms with van der Waals surface area (Å²) in [6, 6.07) is 24.9. The van der Waals surface area contributed by atoms with Gasteiger partial charge < -0.3 is 47.4 Å². The zero-order valence-electron chi connectivity index (χ0n) is 43.5. The summed E-state index contributed by atoms with van der Waals surface area (Å²) in [4.78, 5) is 74.1. The van der Waals surface area contributed by atoms with Crippen LogP contribution in [0.15, 0.2) is 122 Å². The second-order valence-corrected chi connectivity index (χ2v) is 18.0. The molecule has 16 heteroatoms. The van der Waals surface area contributed by atoms with Crippen molar-refractivity contribution in [2.45, 2.75) is 128 Å². The summed E-state index contributed by atoms with van der Waals surface area (Å²) < 4.78 is 54.9. The molecule has 1 saturated heterocycles. The Morgan fingerprint density at radius 1 is 0.368 bits per heavy atom. The summed E-state index contributed by atoms with van der Waals surface area (Å²) >= 11 is 0. The van der Waals surface area contributed by atoms with Gasteiger partial charge in [-0.25, -0.2) is 28.8 Å². The van der Waals surface area contributed by atoms with E-state index in [9.17, 15) is 28.8 Å². The van der Waals surface area contributed by atoms with Crippen LogP contribution < -0.4 is 18.9 Å². The molecule has 0 aliphatic carbocycles. The van der Waals surface area contributed by atoms with Gasteiger partial charge in [-0.15, -0.1) is 0 Å². The van der Waals surface area contributed by atoms with Crippen molar-refractivity contribution in [3.8, 4) is 23.0 Å². The predicted molar refractivity (Wildman–Crippen MR) is 282 cm³/mol. The van der Waals surface area contributed by atoms with Gasteiger partial charge in [0, 0.05) is 12.2 Å². The van der Waals surface area contributed by atoms with Crippen molar-refractivity contribution < 1.29 is 76.1 Å². The first-order chi connectivity index (χ1) is 37.1. The maximum atomic E-state index is 13.1. The van der Waals surface area contributed by atoms with E-state index in [1.807, 2.05) is 0 Å². The molecule has 0 radical (unpaired) electrons. The van der Waals surface area contributed by atoms with Crippen LogP contribution in [0, 0.1) is 0 Å². The largest absolute Gasteiger partial charge is 0.494 e. The Kier molecular flexibility index (Phi) is 27.5.